The normalized spacial score (nSPS) is 12.0. The van der Waals surface area contributed by atoms with Crippen molar-refractivity contribution >= 4 is 28.6 Å². The average molecular weight is 444 g/mol. The average Bonchev–Trinajstić information content (AvgIpc) is 2.81. The van der Waals surface area contributed by atoms with Gasteiger partial charge in [-0.1, -0.05) is 66.4 Å². The molecule has 6 heteroatoms. The largest absolute Gasteiger partial charge is 0.351 e. The maximum atomic E-state index is 13.5. The number of hydrogen-bond acceptors (Lipinski definition) is 4. The number of thioether (sulfide) groups is 1. The molecule has 0 aliphatic rings. The van der Waals surface area contributed by atoms with E-state index in [0.29, 0.717) is 22.6 Å². The van der Waals surface area contributed by atoms with Gasteiger partial charge in [0.2, 0.25) is 5.91 Å². The number of aromatic nitrogens is 2. The fraction of sp³-hybridized carbons (Fsp3) is 0.192. The predicted octanol–water partition coefficient (Wildman–Crippen LogP) is 4.80. The van der Waals surface area contributed by atoms with E-state index in [1.165, 1.54) is 11.8 Å². The third-order valence-electron chi connectivity index (χ3n) is 5.52. The minimum atomic E-state index is -0.428. The van der Waals surface area contributed by atoms with Crippen molar-refractivity contribution < 1.29 is 4.79 Å². The van der Waals surface area contributed by atoms with Crippen LogP contribution in [-0.4, -0.2) is 20.7 Å². The molecule has 1 unspecified atom stereocenters. The van der Waals surface area contributed by atoms with Crippen LogP contribution in [0.25, 0.3) is 16.6 Å². The molecule has 0 saturated carbocycles. The molecular weight excluding hydrogens is 418 g/mol. The van der Waals surface area contributed by atoms with Crippen LogP contribution < -0.4 is 10.9 Å². The minimum Gasteiger partial charge on any atom is -0.351 e. The Morgan fingerprint density at radius 2 is 1.72 bits per heavy atom. The van der Waals surface area contributed by atoms with Gasteiger partial charge in [0.25, 0.3) is 5.56 Å². The van der Waals surface area contributed by atoms with Crippen molar-refractivity contribution in [1.82, 2.24) is 14.9 Å². The van der Waals surface area contributed by atoms with Crippen LogP contribution in [0.5, 0.6) is 0 Å². The zero-order valence-electron chi connectivity index (χ0n) is 18.3. The Morgan fingerprint density at radius 3 is 2.50 bits per heavy atom. The molecule has 32 heavy (non-hydrogen) atoms. The first-order chi connectivity index (χ1) is 15.5. The van der Waals surface area contributed by atoms with Gasteiger partial charge in [-0.3, -0.25) is 14.2 Å². The van der Waals surface area contributed by atoms with E-state index < -0.39 is 5.25 Å². The Labute approximate surface area is 191 Å². The number of fused-ring (bicyclic) bond motifs is 1. The number of rotatable bonds is 6. The topological polar surface area (TPSA) is 64.0 Å². The quantitative estimate of drug-likeness (QED) is 0.343. The van der Waals surface area contributed by atoms with Crippen LogP contribution in [-0.2, 0) is 11.3 Å². The summed E-state index contributed by atoms with van der Waals surface area (Å²) >= 11 is 1.29. The first-order valence-electron chi connectivity index (χ1n) is 10.5. The van der Waals surface area contributed by atoms with Gasteiger partial charge in [-0.15, -0.1) is 0 Å². The molecule has 4 rings (SSSR count). The molecule has 0 aliphatic heterocycles. The molecule has 0 bridgehead atoms. The first-order valence-corrected chi connectivity index (χ1v) is 11.4. The van der Waals surface area contributed by atoms with Crippen LogP contribution in [0.4, 0.5) is 0 Å². The monoisotopic (exact) mass is 443 g/mol. The minimum absolute atomic E-state index is 0.103. The highest BCUT2D eigenvalue weighted by Crippen LogP contribution is 2.27. The Kier molecular flexibility index (Phi) is 6.42. The maximum Gasteiger partial charge on any atom is 0.266 e. The van der Waals surface area contributed by atoms with Crippen LogP contribution in [0.2, 0.25) is 0 Å². The van der Waals surface area contributed by atoms with Crippen molar-refractivity contribution in [3.8, 4) is 5.69 Å². The van der Waals surface area contributed by atoms with Gasteiger partial charge in [-0.25, -0.2) is 4.98 Å². The molecule has 0 saturated heterocycles. The molecule has 162 valence electrons. The van der Waals surface area contributed by atoms with Gasteiger partial charge in [0.1, 0.15) is 0 Å². The number of carbonyl (C=O) groups is 1. The van der Waals surface area contributed by atoms with Crippen LogP contribution >= 0.6 is 11.8 Å². The number of benzene rings is 3. The van der Waals surface area contributed by atoms with Crippen molar-refractivity contribution in [2.75, 3.05) is 0 Å². The Morgan fingerprint density at radius 1 is 1.00 bits per heavy atom. The third kappa shape index (κ3) is 4.46. The fourth-order valence-electron chi connectivity index (χ4n) is 3.52. The molecule has 1 N–H and O–H groups in total. The van der Waals surface area contributed by atoms with Crippen molar-refractivity contribution in [3.05, 3.63) is 99.8 Å². The van der Waals surface area contributed by atoms with Crippen molar-refractivity contribution in [2.24, 2.45) is 0 Å². The zero-order valence-corrected chi connectivity index (χ0v) is 19.1. The number of nitrogens with one attached hydrogen (secondary N) is 1. The summed E-state index contributed by atoms with van der Waals surface area (Å²) in [5.74, 6) is -0.103. The molecule has 4 aromatic rings. The molecule has 1 aromatic heterocycles. The summed E-state index contributed by atoms with van der Waals surface area (Å²) in [4.78, 5) is 31.0. The molecular formula is C26H25N3O2S. The summed E-state index contributed by atoms with van der Waals surface area (Å²) < 4.78 is 1.64. The third-order valence-corrected chi connectivity index (χ3v) is 6.58. The lowest BCUT2D eigenvalue weighted by atomic mass is 10.1. The van der Waals surface area contributed by atoms with E-state index in [1.807, 2.05) is 87.5 Å². The molecule has 0 spiro atoms. The predicted molar refractivity (Wildman–Crippen MR) is 130 cm³/mol. The number of nitrogens with zero attached hydrogens (tertiary/aromatic N) is 2. The molecule has 1 heterocycles. The molecule has 0 fully saturated rings. The van der Waals surface area contributed by atoms with E-state index in [2.05, 4.69) is 5.32 Å². The van der Waals surface area contributed by atoms with E-state index in [-0.39, 0.29) is 11.5 Å². The van der Waals surface area contributed by atoms with Gasteiger partial charge < -0.3 is 5.32 Å². The molecule has 0 radical (unpaired) electrons. The number of aryl methyl sites for hydroxylation is 1. The Balaban J connectivity index is 1.70. The van der Waals surface area contributed by atoms with Gasteiger partial charge >= 0.3 is 0 Å². The van der Waals surface area contributed by atoms with Crippen LogP contribution in [0.3, 0.4) is 0 Å². The van der Waals surface area contributed by atoms with Gasteiger partial charge in [0, 0.05) is 6.54 Å². The first kappa shape index (κ1) is 21.8. The van der Waals surface area contributed by atoms with E-state index in [1.54, 1.807) is 10.6 Å². The second-order valence-electron chi connectivity index (χ2n) is 7.73. The van der Waals surface area contributed by atoms with Crippen molar-refractivity contribution in [3.63, 3.8) is 0 Å². The maximum absolute atomic E-state index is 13.5. The van der Waals surface area contributed by atoms with Gasteiger partial charge in [-0.2, -0.15) is 0 Å². The van der Waals surface area contributed by atoms with E-state index >= 15 is 0 Å². The summed E-state index contributed by atoms with van der Waals surface area (Å²) in [6, 6.07) is 23.0. The number of para-hydroxylation sites is 1. The highest BCUT2D eigenvalue weighted by Gasteiger charge is 2.21. The number of carbonyl (C=O) groups excluding carboxylic acids is 1. The van der Waals surface area contributed by atoms with E-state index in [4.69, 9.17) is 4.98 Å². The summed E-state index contributed by atoms with van der Waals surface area (Å²) in [7, 11) is 0. The van der Waals surface area contributed by atoms with Crippen LogP contribution in [0.1, 0.15) is 23.6 Å². The lowest BCUT2D eigenvalue weighted by Crippen LogP contribution is -2.31. The Bertz CT molecular complexity index is 1330. The SMILES string of the molecule is Cc1cccc(-n2c(SC(C)C(=O)NCc3ccccc3)nc3ccccc3c2=O)c1C. The second-order valence-corrected chi connectivity index (χ2v) is 9.04. The summed E-state index contributed by atoms with van der Waals surface area (Å²) in [5.41, 5.74) is 4.41. The molecule has 1 amide bonds. The zero-order chi connectivity index (χ0) is 22.7. The molecule has 1 atom stereocenters. The summed E-state index contributed by atoms with van der Waals surface area (Å²) in [6.45, 7) is 6.31. The number of amides is 1. The lowest BCUT2D eigenvalue weighted by molar-refractivity contribution is -0.120. The molecule has 0 aliphatic carbocycles. The standard InChI is InChI=1S/C26H25N3O2S/c1-17-10-9-15-23(18(17)2)29-25(31)21-13-7-8-14-22(21)28-26(29)32-19(3)24(30)27-16-20-11-5-4-6-12-20/h4-15,19H,16H2,1-3H3,(H,27,30). The fourth-order valence-corrected chi connectivity index (χ4v) is 4.47. The van der Waals surface area contributed by atoms with Gasteiger partial charge in [-0.05, 0) is 55.7 Å². The van der Waals surface area contributed by atoms with Crippen molar-refractivity contribution in [2.45, 2.75) is 37.7 Å². The van der Waals surface area contributed by atoms with Gasteiger partial charge in [0.05, 0.1) is 21.8 Å². The number of hydrogen-bond donors (Lipinski definition) is 1. The smallest absolute Gasteiger partial charge is 0.266 e. The summed E-state index contributed by atoms with van der Waals surface area (Å²) in [5, 5.41) is 3.61. The van der Waals surface area contributed by atoms with Crippen LogP contribution in [0.15, 0.2) is 82.7 Å². The highest BCUT2D eigenvalue weighted by molar-refractivity contribution is 8.00. The Hall–Kier alpha value is -3.38. The van der Waals surface area contributed by atoms with Crippen molar-refractivity contribution in [1.29, 1.82) is 0 Å². The summed E-state index contributed by atoms with van der Waals surface area (Å²) in [6.07, 6.45) is 0. The molecule has 3 aromatic carbocycles. The van der Waals surface area contributed by atoms with Crippen LogP contribution in [0, 0.1) is 13.8 Å². The van der Waals surface area contributed by atoms with E-state index in [9.17, 15) is 9.59 Å². The highest BCUT2D eigenvalue weighted by atomic mass is 32.2. The van der Waals surface area contributed by atoms with Gasteiger partial charge in [0.15, 0.2) is 5.16 Å². The molecule has 5 nitrogen and oxygen atoms in total. The van der Waals surface area contributed by atoms with E-state index in [0.717, 1.165) is 22.4 Å². The second kappa shape index (κ2) is 9.40. The lowest BCUT2D eigenvalue weighted by Gasteiger charge is -2.18.